The average Bonchev–Trinajstić information content (AvgIpc) is 2.17. The molecule has 0 aliphatic carbocycles. The lowest BCUT2D eigenvalue weighted by atomic mass is 10.3. The fourth-order valence-electron chi connectivity index (χ4n) is 0.916. The Morgan fingerprint density at radius 2 is 2.13 bits per heavy atom. The number of carbonyl (C=O) groups is 2. The van der Waals surface area contributed by atoms with Gasteiger partial charge in [0.2, 0.25) is 5.56 Å². The molecule has 1 atom stereocenters. The van der Waals surface area contributed by atoms with Gasteiger partial charge in [0.1, 0.15) is 11.7 Å². The Labute approximate surface area is 84.9 Å². The molecule has 1 aromatic rings. The monoisotopic (exact) mass is 210 g/mol. The third kappa shape index (κ3) is 2.94. The summed E-state index contributed by atoms with van der Waals surface area (Å²) >= 11 is 0. The SMILES string of the molecule is C[C@@H](NC(=O)c1cccc(=O)[nH]1)C(=O)O. The van der Waals surface area contributed by atoms with Crippen molar-refractivity contribution >= 4 is 11.9 Å². The maximum Gasteiger partial charge on any atom is 0.325 e. The van der Waals surface area contributed by atoms with Gasteiger partial charge < -0.3 is 15.4 Å². The number of pyridine rings is 1. The number of aromatic amines is 1. The summed E-state index contributed by atoms with van der Waals surface area (Å²) in [7, 11) is 0. The van der Waals surface area contributed by atoms with Crippen molar-refractivity contribution in [3.8, 4) is 0 Å². The number of rotatable bonds is 3. The van der Waals surface area contributed by atoms with Gasteiger partial charge in [0.25, 0.3) is 5.91 Å². The molecule has 0 spiro atoms. The lowest BCUT2D eigenvalue weighted by molar-refractivity contribution is -0.138. The van der Waals surface area contributed by atoms with E-state index in [1.165, 1.54) is 25.1 Å². The number of carboxylic acids is 1. The minimum Gasteiger partial charge on any atom is -0.480 e. The molecule has 0 saturated carbocycles. The smallest absolute Gasteiger partial charge is 0.325 e. The highest BCUT2D eigenvalue weighted by atomic mass is 16.4. The number of H-pyrrole nitrogens is 1. The second kappa shape index (κ2) is 4.41. The normalized spacial score (nSPS) is 11.8. The molecule has 80 valence electrons. The van der Waals surface area contributed by atoms with Crippen LogP contribution < -0.4 is 10.9 Å². The number of nitrogens with one attached hydrogen (secondary N) is 2. The maximum atomic E-state index is 11.4. The fourth-order valence-corrected chi connectivity index (χ4v) is 0.916. The summed E-state index contributed by atoms with van der Waals surface area (Å²) in [6.45, 7) is 1.33. The lowest BCUT2D eigenvalue weighted by Gasteiger charge is -2.08. The van der Waals surface area contributed by atoms with E-state index in [0.717, 1.165) is 0 Å². The van der Waals surface area contributed by atoms with Gasteiger partial charge in [-0.1, -0.05) is 6.07 Å². The maximum absolute atomic E-state index is 11.4. The van der Waals surface area contributed by atoms with E-state index in [2.05, 4.69) is 10.3 Å². The summed E-state index contributed by atoms with van der Waals surface area (Å²) in [5, 5.41) is 10.8. The number of aromatic nitrogens is 1. The van der Waals surface area contributed by atoms with Crippen LogP contribution in [0.4, 0.5) is 0 Å². The number of hydrogen-bond acceptors (Lipinski definition) is 3. The molecule has 3 N–H and O–H groups in total. The van der Waals surface area contributed by atoms with Crippen molar-refractivity contribution in [3.63, 3.8) is 0 Å². The Morgan fingerprint density at radius 1 is 1.47 bits per heavy atom. The molecule has 0 aliphatic rings. The summed E-state index contributed by atoms with van der Waals surface area (Å²) in [4.78, 5) is 35.0. The zero-order chi connectivity index (χ0) is 11.4. The van der Waals surface area contributed by atoms with Crippen LogP contribution in [0.5, 0.6) is 0 Å². The molecule has 0 saturated heterocycles. The number of carbonyl (C=O) groups excluding carboxylic acids is 1. The molecule has 0 bridgehead atoms. The average molecular weight is 210 g/mol. The van der Waals surface area contributed by atoms with Crippen LogP contribution in [0.1, 0.15) is 17.4 Å². The van der Waals surface area contributed by atoms with Crippen molar-refractivity contribution in [2.75, 3.05) is 0 Å². The zero-order valence-corrected chi connectivity index (χ0v) is 7.98. The van der Waals surface area contributed by atoms with Crippen molar-refractivity contribution in [2.24, 2.45) is 0 Å². The third-order valence-electron chi connectivity index (χ3n) is 1.73. The van der Waals surface area contributed by atoms with E-state index in [-0.39, 0.29) is 5.69 Å². The molecular weight excluding hydrogens is 200 g/mol. The van der Waals surface area contributed by atoms with Gasteiger partial charge in [0, 0.05) is 6.07 Å². The minimum absolute atomic E-state index is 0.0376. The van der Waals surface area contributed by atoms with Gasteiger partial charge in [0.05, 0.1) is 0 Å². The topological polar surface area (TPSA) is 99.3 Å². The second-order valence-electron chi connectivity index (χ2n) is 2.96. The van der Waals surface area contributed by atoms with E-state index < -0.39 is 23.5 Å². The van der Waals surface area contributed by atoms with E-state index in [1.807, 2.05) is 0 Å². The summed E-state index contributed by atoms with van der Waals surface area (Å²) < 4.78 is 0. The van der Waals surface area contributed by atoms with Crippen LogP contribution in [0, 0.1) is 0 Å². The summed E-state index contributed by atoms with van der Waals surface area (Å²) in [5.41, 5.74) is -0.374. The van der Waals surface area contributed by atoms with Crippen LogP contribution in [0.2, 0.25) is 0 Å². The van der Waals surface area contributed by atoms with Gasteiger partial charge in [-0.3, -0.25) is 14.4 Å². The second-order valence-corrected chi connectivity index (χ2v) is 2.96. The summed E-state index contributed by atoms with van der Waals surface area (Å²) in [6, 6.07) is 3.07. The standard InChI is InChI=1S/C9H10N2O4/c1-5(9(14)15)10-8(13)6-3-2-4-7(12)11-6/h2-5H,1H3,(H,10,13)(H,11,12)(H,14,15)/t5-/m1/s1. The predicted octanol–water partition coefficient (Wildman–Crippen LogP) is -0.422. The highest BCUT2D eigenvalue weighted by Crippen LogP contribution is 1.91. The van der Waals surface area contributed by atoms with Crippen LogP contribution in [0.25, 0.3) is 0 Å². The predicted molar refractivity (Wildman–Crippen MR) is 51.6 cm³/mol. The van der Waals surface area contributed by atoms with E-state index in [1.54, 1.807) is 0 Å². The van der Waals surface area contributed by atoms with E-state index >= 15 is 0 Å². The first-order valence-electron chi connectivity index (χ1n) is 4.23. The highest BCUT2D eigenvalue weighted by Gasteiger charge is 2.15. The van der Waals surface area contributed by atoms with Crippen LogP contribution >= 0.6 is 0 Å². The van der Waals surface area contributed by atoms with Gasteiger partial charge in [-0.05, 0) is 13.0 Å². The molecule has 0 aromatic carbocycles. The number of amides is 1. The largest absolute Gasteiger partial charge is 0.480 e. The zero-order valence-electron chi connectivity index (χ0n) is 7.98. The molecule has 6 heteroatoms. The van der Waals surface area contributed by atoms with Crippen LogP contribution in [-0.2, 0) is 4.79 Å². The Hall–Kier alpha value is -2.11. The molecule has 1 amide bonds. The molecule has 0 radical (unpaired) electrons. The molecule has 15 heavy (non-hydrogen) atoms. The molecule has 0 unspecified atom stereocenters. The number of hydrogen-bond donors (Lipinski definition) is 3. The van der Waals surface area contributed by atoms with Gasteiger partial charge in [-0.2, -0.15) is 0 Å². The molecule has 6 nitrogen and oxygen atoms in total. The van der Waals surface area contributed by atoms with Gasteiger partial charge in [0.15, 0.2) is 0 Å². The number of aliphatic carboxylic acids is 1. The highest BCUT2D eigenvalue weighted by molar-refractivity contribution is 5.94. The summed E-state index contributed by atoms with van der Waals surface area (Å²) in [5.74, 6) is -1.76. The van der Waals surface area contributed by atoms with Crippen LogP contribution in [0.15, 0.2) is 23.0 Å². The third-order valence-corrected chi connectivity index (χ3v) is 1.73. The Bertz CT molecular complexity index is 438. The van der Waals surface area contributed by atoms with Crippen LogP contribution in [0.3, 0.4) is 0 Å². The quantitative estimate of drug-likeness (QED) is 0.630. The van der Waals surface area contributed by atoms with Crippen LogP contribution in [-0.4, -0.2) is 28.0 Å². The molecular formula is C9H10N2O4. The van der Waals surface area contributed by atoms with E-state index in [9.17, 15) is 14.4 Å². The molecule has 0 fully saturated rings. The lowest BCUT2D eigenvalue weighted by Crippen LogP contribution is -2.39. The van der Waals surface area contributed by atoms with Gasteiger partial charge in [-0.25, -0.2) is 0 Å². The molecule has 1 aromatic heterocycles. The molecule has 0 aliphatic heterocycles. The fraction of sp³-hybridized carbons (Fsp3) is 0.222. The first-order chi connectivity index (χ1) is 7.00. The summed E-state index contributed by atoms with van der Waals surface area (Å²) in [6.07, 6.45) is 0. The van der Waals surface area contributed by atoms with Crippen molar-refractivity contribution in [1.82, 2.24) is 10.3 Å². The minimum atomic E-state index is -1.14. The Balaban J connectivity index is 2.78. The Morgan fingerprint density at radius 3 is 2.67 bits per heavy atom. The van der Waals surface area contributed by atoms with Crippen molar-refractivity contribution < 1.29 is 14.7 Å². The van der Waals surface area contributed by atoms with Gasteiger partial charge in [-0.15, -0.1) is 0 Å². The first-order valence-corrected chi connectivity index (χ1v) is 4.23. The first kappa shape index (κ1) is 11.0. The number of carboxylic acid groups (broad SMARTS) is 1. The van der Waals surface area contributed by atoms with Crippen molar-refractivity contribution in [2.45, 2.75) is 13.0 Å². The van der Waals surface area contributed by atoms with Gasteiger partial charge >= 0.3 is 5.97 Å². The Kier molecular flexibility index (Phi) is 3.22. The van der Waals surface area contributed by atoms with E-state index in [4.69, 9.17) is 5.11 Å². The molecule has 1 heterocycles. The molecule has 1 rings (SSSR count). The van der Waals surface area contributed by atoms with Crippen molar-refractivity contribution in [1.29, 1.82) is 0 Å². The van der Waals surface area contributed by atoms with Crippen molar-refractivity contribution in [3.05, 3.63) is 34.2 Å². The van der Waals surface area contributed by atoms with E-state index in [0.29, 0.717) is 0 Å².